The van der Waals surface area contributed by atoms with Gasteiger partial charge in [0, 0.05) is 25.2 Å². The minimum Gasteiger partial charge on any atom is -0.412 e. The van der Waals surface area contributed by atoms with Crippen LogP contribution in [0.1, 0.15) is 81.1 Å². The summed E-state index contributed by atoms with van der Waals surface area (Å²) in [6, 6.07) is 24.8. The highest BCUT2D eigenvalue weighted by Gasteiger charge is 2.51. The molecule has 0 spiro atoms. The van der Waals surface area contributed by atoms with E-state index < -0.39 is 30.6 Å². The molecule has 2 aromatic rings. The van der Waals surface area contributed by atoms with E-state index in [1.165, 1.54) is 15.9 Å². The Bertz CT molecular complexity index is 1370. The molecule has 1 aliphatic rings. The Balaban J connectivity index is 2.03. The van der Waals surface area contributed by atoms with Crippen molar-refractivity contribution in [3.05, 3.63) is 96.6 Å². The molecular formula is C42H66O4Si3. The molecule has 270 valence electrons. The summed E-state index contributed by atoms with van der Waals surface area (Å²) in [6.45, 7) is 29.5. The van der Waals surface area contributed by atoms with Crippen molar-refractivity contribution in [3.63, 3.8) is 0 Å². The first-order chi connectivity index (χ1) is 22.9. The number of allylic oxidation sites excluding steroid dienone is 5. The van der Waals surface area contributed by atoms with E-state index in [0.29, 0.717) is 25.9 Å². The van der Waals surface area contributed by atoms with Gasteiger partial charge in [-0.2, -0.15) is 0 Å². The Labute approximate surface area is 302 Å². The van der Waals surface area contributed by atoms with Crippen LogP contribution in [0.4, 0.5) is 0 Å². The molecule has 0 unspecified atom stereocenters. The van der Waals surface area contributed by atoms with Crippen molar-refractivity contribution in [2.75, 3.05) is 6.61 Å². The van der Waals surface area contributed by atoms with Gasteiger partial charge in [0.05, 0.1) is 18.3 Å². The Kier molecular flexibility index (Phi) is 14.6. The number of carbonyl (C=O) groups excluding carboxylic acids is 1. The Morgan fingerprint density at radius 1 is 0.898 bits per heavy atom. The molecule has 3 atom stereocenters. The number of ketones is 1. The van der Waals surface area contributed by atoms with Crippen molar-refractivity contribution < 1.29 is 18.1 Å². The summed E-state index contributed by atoms with van der Waals surface area (Å²) in [6.07, 6.45) is 8.57. The molecule has 0 bridgehead atoms. The lowest BCUT2D eigenvalue weighted by molar-refractivity contribution is -0.123. The van der Waals surface area contributed by atoms with Crippen molar-refractivity contribution in [1.29, 1.82) is 0 Å². The van der Waals surface area contributed by atoms with Crippen LogP contribution in [0, 0.1) is 5.92 Å². The minimum atomic E-state index is -2.80. The number of hydrogen-bond acceptors (Lipinski definition) is 4. The second-order valence-electron chi connectivity index (χ2n) is 16.5. The van der Waals surface area contributed by atoms with Crippen LogP contribution in [-0.2, 0) is 18.1 Å². The average Bonchev–Trinajstić information content (AvgIpc) is 3.03. The monoisotopic (exact) mass is 718 g/mol. The normalized spacial score (nSPS) is 17.7. The molecule has 4 nitrogen and oxygen atoms in total. The molecule has 0 amide bonds. The minimum absolute atomic E-state index is 0.148. The zero-order valence-electron chi connectivity index (χ0n) is 32.7. The summed E-state index contributed by atoms with van der Waals surface area (Å²) in [5, 5.41) is 2.37. The number of Topliss-reactive ketones (excluding diaryl/α,β-unsaturated/α-hetero) is 1. The highest BCUT2D eigenvalue weighted by atomic mass is 28.4. The molecule has 0 aromatic heterocycles. The number of benzene rings is 2. The van der Waals surface area contributed by atoms with Crippen LogP contribution in [0.15, 0.2) is 96.6 Å². The lowest BCUT2D eigenvalue weighted by Gasteiger charge is -2.45. The van der Waals surface area contributed by atoms with E-state index >= 15 is 0 Å². The molecule has 0 saturated carbocycles. The summed E-state index contributed by atoms with van der Waals surface area (Å²) in [5.41, 5.74) is 1.57. The van der Waals surface area contributed by atoms with Crippen molar-refractivity contribution >= 4 is 41.1 Å². The third kappa shape index (κ3) is 11.2. The fourth-order valence-electron chi connectivity index (χ4n) is 7.73. The van der Waals surface area contributed by atoms with Crippen LogP contribution in [-0.4, -0.2) is 49.0 Å². The molecule has 0 radical (unpaired) electrons. The topological polar surface area (TPSA) is 44.8 Å². The van der Waals surface area contributed by atoms with E-state index in [1.54, 1.807) is 0 Å². The molecule has 0 heterocycles. The highest BCUT2D eigenvalue weighted by molar-refractivity contribution is 6.99. The van der Waals surface area contributed by atoms with Crippen LogP contribution in [0.2, 0.25) is 42.8 Å². The van der Waals surface area contributed by atoms with Crippen molar-refractivity contribution in [2.45, 2.75) is 136 Å². The lowest BCUT2D eigenvalue weighted by Crippen LogP contribution is -2.67. The van der Waals surface area contributed by atoms with Gasteiger partial charge in [-0.15, -0.1) is 0 Å². The lowest BCUT2D eigenvalue weighted by atomic mass is 9.85. The third-order valence-corrected chi connectivity index (χ3v) is 21.1. The van der Waals surface area contributed by atoms with Gasteiger partial charge >= 0.3 is 0 Å². The van der Waals surface area contributed by atoms with E-state index in [4.69, 9.17) is 13.3 Å². The Hall–Kier alpha value is -2.14. The van der Waals surface area contributed by atoms with Gasteiger partial charge in [0.1, 0.15) is 5.78 Å². The molecule has 0 saturated heterocycles. The second-order valence-corrected chi connectivity index (χ2v) is 30.0. The first-order valence-corrected chi connectivity index (χ1v) is 26.4. The molecule has 3 rings (SSSR count). The molecular weight excluding hydrogens is 653 g/mol. The zero-order chi connectivity index (χ0) is 36.5. The standard InChI is InChI=1S/C42H66O4Si3/c1-13-48(14-2,15-3)45-38(33-44-49(41(6,7)8,39-22-18-16-19-23-39)40-24-20-17-21-25-40)32-42(9,46-47(10,11)12)31-37(43)30-35(5)36-28-26-34(4)27-29-36/h16-28,36,38H,5,13-15,29-33H2,1-4,6-12H3/t36-,38+,42+/m1/s1. The van der Waals surface area contributed by atoms with Crippen LogP contribution < -0.4 is 10.4 Å². The first kappa shape index (κ1) is 41.3. The third-order valence-electron chi connectivity index (χ3n) is 10.3. The summed E-state index contributed by atoms with van der Waals surface area (Å²) in [5.74, 6) is 0.389. The summed E-state index contributed by atoms with van der Waals surface area (Å²) < 4.78 is 21.9. The Morgan fingerprint density at radius 3 is 1.86 bits per heavy atom. The van der Waals surface area contributed by atoms with Crippen LogP contribution in [0.3, 0.4) is 0 Å². The van der Waals surface area contributed by atoms with Gasteiger partial charge < -0.3 is 13.3 Å². The molecule has 7 heteroatoms. The van der Waals surface area contributed by atoms with Gasteiger partial charge in [-0.05, 0) is 73.5 Å². The predicted octanol–water partition coefficient (Wildman–Crippen LogP) is 10.4. The van der Waals surface area contributed by atoms with E-state index in [0.717, 1.165) is 30.1 Å². The fourth-order valence-corrected chi connectivity index (χ4v) is 16.8. The van der Waals surface area contributed by atoms with Crippen molar-refractivity contribution in [2.24, 2.45) is 5.92 Å². The van der Waals surface area contributed by atoms with E-state index in [-0.39, 0.29) is 22.8 Å². The van der Waals surface area contributed by atoms with E-state index in [2.05, 4.69) is 161 Å². The molecule has 1 aliphatic carbocycles. The van der Waals surface area contributed by atoms with Crippen LogP contribution in [0.25, 0.3) is 0 Å². The van der Waals surface area contributed by atoms with Gasteiger partial charge in [0.2, 0.25) is 0 Å². The van der Waals surface area contributed by atoms with Crippen LogP contribution >= 0.6 is 0 Å². The second kappa shape index (κ2) is 17.4. The predicted molar refractivity (Wildman–Crippen MR) is 217 cm³/mol. The molecule has 49 heavy (non-hydrogen) atoms. The summed E-state index contributed by atoms with van der Waals surface area (Å²) in [4.78, 5) is 13.9. The maximum absolute atomic E-state index is 13.9. The van der Waals surface area contributed by atoms with Gasteiger partial charge in [0.15, 0.2) is 16.6 Å². The maximum atomic E-state index is 13.9. The molecule has 2 aromatic carbocycles. The quantitative estimate of drug-likeness (QED) is 0.107. The molecule has 0 N–H and O–H groups in total. The Morgan fingerprint density at radius 2 is 1.43 bits per heavy atom. The average molecular weight is 719 g/mol. The van der Waals surface area contributed by atoms with Crippen molar-refractivity contribution in [1.82, 2.24) is 0 Å². The van der Waals surface area contributed by atoms with Gasteiger partial charge in [-0.25, -0.2) is 0 Å². The fraction of sp³-hybridized carbons (Fsp3) is 0.548. The van der Waals surface area contributed by atoms with Gasteiger partial charge in [-0.1, -0.05) is 138 Å². The van der Waals surface area contributed by atoms with Crippen molar-refractivity contribution in [3.8, 4) is 0 Å². The molecule has 0 aliphatic heterocycles. The number of carbonyl (C=O) groups is 1. The largest absolute Gasteiger partial charge is 0.412 e. The first-order valence-electron chi connectivity index (χ1n) is 18.6. The summed E-state index contributed by atoms with van der Waals surface area (Å²) in [7, 11) is -6.91. The SMILES string of the molecule is C=C(CC(=O)C[C@@](C)(C[C@@H](CO[Si](c1ccccc1)(c1ccccc1)C(C)(C)C)O[Si](CC)(CC)CC)O[Si](C)(C)C)[C@@H]1C=CC(C)=CC1. The summed E-state index contributed by atoms with van der Waals surface area (Å²) >= 11 is 0. The highest BCUT2D eigenvalue weighted by Crippen LogP contribution is 2.39. The van der Waals surface area contributed by atoms with Gasteiger partial charge in [0.25, 0.3) is 8.32 Å². The zero-order valence-corrected chi connectivity index (χ0v) is 35.7. The number of hydrogen-bond donors (Lipinski definition) is 0. The smallest absolute Gasteiger partial charge is 0.261 e. The molecule has 0 fully saturated rings. The van der Waals surface area contributed by atoms with Crippen LogP contribution in [0.5, 0.6) is 0 Å². The van der Waals surface area contributed by atoms with E-state index in [9.17, 15) is 4.79 Å². The van der Waals surface area contributed by atoms with Gasteiger partial charge in [-0.3, -0.25) is 4.79 Å². The van der Waals surface area contributed by atoms with E-state index in [1.807, 2.05) is 0 Å². The maximum Gasteiger partial charge on any atom is 0.261 e. The number of rotatable bonds is 19.